The van der Waals surface area contributed by atoms with Gasteiger partial charge >= 0.3 is 6.09 Å². The van der Waals surface area contributed by atoms with Gasteiger partial charge in [-0.3, -0.25) is 14.4 Å². The molecule has 0 radical (unpaired) electrons. The molecule has 0 saturated heterocycles. The van der Waals surface area contributed by atoms with E-state index in [2.05, 4.69) is 16.6 Å². The van der Waals surface area contributed by atoms with Crippen LogP contribution in [0.5, 0.6) is 0 Å². The number of ether oxygens (including phenoxy) is 1. The van der Waals surface area contributed by atoms with E-state index in [9.17, 15) is 19.2 Å². The number of hydrogen-bond donors (Lipinski definition) is 3. The number of amides is 4. The number of primary amides is 1. The Morgan fingerprint density at radius 1 is 1.15 bits per heavy atom. The highest BCUT2D eigenvalue weighted by Gasteiger charge is 2.48. The SMILES string of the molecule is C#Cc1ccccc1C(C(=O)NC1CCCCC1)N(C(=O)C(CCC(N)=O)NC(=O)OC(C)(C)C)C1CC1C. The molecule has 4 unspecified atom stereocenters. The number of alkyl carbamates (subject to hydrolysis) is 1. The average Bonchev–Trinajstić information content (AvgIpc) is 3.59. The summed E-state index contributed by atoms with van der Waals surface area (Å²) in [6, 6.07) is 4.76. The largest absolute Gasteiger partial charge is 0.444 e. The van der Waals surface area contributed by atoms with Gasteiger partial charge in [0.2, 0.25) is 17.7 Å². The highest BCUT2D eigenvalue weighted by molar-refractivity contribution is 5.93. The fraction of sp³-hybridized carbons (Fsp3) is 0.600. The third-order valence-corrected chi connectivity index (χ3v) is 7.24. The van der Waals surface area contributed by atoms with Crippen LogP contribution in [-0.2, 0) is 19.1 Å². The summed E-state index contributed by atoms with van der Waals surface area (Å²) < 4.78 is 5.39. The molecule has 2 saturated carbocycles. The summed E-state index contributed by atoms with van der Waals surface area (Å²) in [7, 11) is 0. The lowest BCUT2D eigenvalue weighted by atomic mass is 9.93. The van der Waals surface area contributed by atoms with Gasteiger partial charge in [-0.1, -0.05) is 50.3 Å². The van der Waals surface area contributed by atoms with Gasteiger partial charge in [0.15, 0.2) is 0 Å². The van der Waals surface area contributed by atoms with Crippen LogP contribution < -0.4 is 16.4 Å². The molecule has 0 bridgehead atoms. The summed E-state index contributed by atoms with van der Waals surface area (Å²) in [5.41, 5.74) is 5.66. The van der Waals surface area contributed by atoms with Gasteiger partial charge in [0.1, 0.15) is 17.7 Å². The predicted octanol–water partition coefficient (Wildman–Crippen LogP) is 3.55. The molecule has 1 aromatic carbocycles. The second kappa shape index (κ2) is 13.0. The van der Waals surface area contributed by atoms with Crippen molar-refractivity contribution in [1.29, 1.82) is 0 Å². The molecule has 9 heteroatoms. The first-order chi connectivity index (χ1) is 18.4. The Morgan fingerprint density at radius 2 is 1.79 bits per heavy atom. The molecule has 1 aromatic rings. The van der Waals surface area contributed by atoms with Gasteiger partial charge in [-0.05, 0) is 64.0 Å². The van der Waals surface area contributed by atoms with Gasteiger partial charge in [0, 0.05) is 24.1 Å². The molecule has 0 heterocycles. The highest BCUT2D eigenvalue weighted by Crippen LogP contribution is 2.41. The van der Waals surface area contributed by atoms with Crippen molar-refractivity contribution < 1.29 is 23.9 Å². The highest BCUT2D eigenvalue weighted by atomic mass is 16.6. The van der Waals surface area contributed by atoms with Crippen molar-refractivity contribution >= 4 is 23.8 Å². The van der Waals surface area contributed by atoms with Crippen molar-refractivity contribution in [2.75, 3.05) is 0 Å². The van der Waals surface area contributed by atoms with Crippen LogP contribution in [0.4, 0.5) is 4.79 Å². The predicted molar refractivity (Wildman–Crippen MR) is 148 cm³/mol. The number of hydrogen-bond acceptors (Lipinski definition) is 5. The molecule has 9 nitrogen and oxygen atoms in total. The molecule has 2 aliphatic carbocycles. The first-order valence-electron chi connectivity index (χ1n) is 13.9. The van der Waals surface area contributed by atoms with Crippen LogP contribution in [0.2, 0.25) is 0 Å². The second-order valence-electron chi connectivity index (χ2n) is 11.7. The van der Waals surface area contributed by atoms with Gasteiger partial charge in [0.25, 0.3) is 0 Å². The maximum Gasteiger partial charge on any atom is 0.408 e. The topological polar surface area (TPSA) is 131 Å². The standard InChI is InChI=1S/C30H42N4O5/c1-6-20-12-10-11-15-22(20)26(27(36)32-21-13-8-7-9-14-21)34(24-18-19(24)2)28(37)23(16-17-25(31)35)33-29(38)39-30(3,4)5/h1,10-12,15,19,21,23-24,26H,7-9,13-14,16-18H2,2-5H3,(H2,31,35)(H,32,36)(H,33,38). The van der Waals surface area contributed by atoms with Gasteiger partial charge < -0.3 is 26.0 Å². The molecular weight excluding hydrogens is 496 g/mol. The zero-order valence-corrected chi connectivity index (χ0v) is 23.5. The van der Waals surface area contributed by atoms with Crippen molar-refractivity contribution in [3.8, 4) is 12.3 Å². The van der Waals surface area contributed by atoms with E-state index in [1.807, 2.05) is 6.92 Å². The van der Waals surface area contributed by atoms with Gasteiger partial charge in [0.05, 0.1) is 0 Å². The normalized spacial score (nSPS) is 20.6. The smallest absolute Gasteiger partial charge is 0.408 e. The van der Waals surface area contributed by atoms with E-state index in [0.29, 0.717) is 17.5 Å². The van der Waals surface area contributed by atoms with Crippen LogP contribution in [0.25, 0.3) is 0 Å². The molecule has 0 aromatic heterocycles. The van der Waals surface area contributed by atoms with Crippen LogP contribution in [-0.4, -0.2) is 52.4 Å². The van der Waals surface area contributed by atoms with Crippen LogP contribution >= 0.6 is 0 Å². The van der Waals surface area contributed by atoms with Crippen LogP contribution in [0, 0.1) is 18.3 Å². The zero-order valence-electron chi connectivity index (χ0n) is 23.5. The third-order valence-electron chi connectivity index (χ3n) is 7.24. The number of nitrogens with two attached hydrogens (primary N) is 1. The number of benzene rings is 1. The molecular formula is C30H42N4O5. The number of rotatable bonds is 10. The van der Waals surface area contributed by atoms with Gasteiger partial charge in [-0.25, -0.2) is 4.79 Å². The van der Waals surface area contributed by atoms with E-state index in [4.69, 9.17) is 16.9 Å². The molecule has 4 N–H and O–H groups in total. The number of carbonyl (C=O) groups is 4. The lowest BCUT2D eigenvalue weighted by Gasteiger charge is -2.36. The summed E-state index contributed by atoms with van der Waals surface area (Å²) in [6.07, 6.45) is 10.5. The summed E-state index contributed by atoms with van der Waals surface area (Å²) >= 11 is 0. The Morgan fingerprint density at radius 3 is 2.36 bits per heavy atom. The summed E-state index contributed by atoms with van der Waals surface area (Å²) in [4.78, 5) is 54.2. The monoisotopic (exact) mass is 538 g/mol. The quantitative estimate of drug-likeness (QED) is 0.392. The van der Waals surface area contributed by atoms with Crippen molar-refractivity contribution in [3.05, 3.63) is 35.4 Å². The molecule has 39 heavy (non-hydrogen) atoms. The molecule has 3 rings (SSSR count). The van der Waals surface area contributed by atoms with E-state index >= 15 is 0 Å². The number of nitrogens with zero attached hydrogens (tertiary/aromatic N) is 1. The van der Waals surface area contributed by atoms with Crippen molar-refractivity contribution in [2.24, 2.45) is 11.7 Å². The molecule has 2 aliphatic rings. The molecule has 0 aliphatic heterocycles. The minimum absolute atomic E-state index is 0.0193. The maximum atomic E-state index is 14.3. The fourth-order valence-electron chi connectivity index (χ4n) is 5.16. The van der Waals surface area contributed by atoms with Crippen molar-refractivity contribution in [2.45, 2.75) is 109 Å². The lowest BCUT2D eigenvalue weighted by molar-refractivity contribution is -0.144. The summed E-state index contributed by atoms with van der Waals surface area (Å²) in [6.45, 7) is 7.15. The van der Waals surface area contributed by atoms with E-state index in [1.165, 1.54) is 0 Å². The number of carbonyl (C=O) groups excluding carboxylic acids is 4. The van der Waals surface area contributed by atoms with Gasteiger partial charge in [-0.2, -0.15) is 0 Å². The Balaban J connectivity index is 2.01. The third kappa shape index (κ3) is 8.47. The van der Waals surface area contributed by atoms with Crippen molar-refractivity contribution in [3.63, 3.8) is 0 Å². The van der Waals surface area contributed by atoms with Crippen LogP contribution in [0.3, 0.4) is 0 Å². The number of terminal acetylenes is 1. The maximum absolute atomic E-state index is 14.3. The molecule has 212 valence electrons. The average molecular weight is 539 g/mol. The molecule has 4 atom stereocenters. The van der Waals surface area contributed by atoms with Gasteiger partial charge in [-0.15, -0.1) is 6.42 Å². The van der Waals surface area contributed by atoms with E-state index in [0.717, 1.165) is 32.1 Å². The van der Waals surface area contributed by atoms with Crippen molar-refractivity contribution in [1.82, 2.24) is 15.5 Å². The van der Waals surface area contributed by atoms with E-state index in [-0.39, 0.29) is 36.8 Å². The van der Waals surface area contributed by atoms with Crippen LogP contribution in [0.1, 0.15) is 96.2 Å². The Labute approximate surface area is 231 Å². The minimum Gasteiger partial charge on any atom is -0.444 e. The summed E-state index contributed by atoms with van der Waals surface area (Å²) in [5, 5.41) is 5.80. The first kappa shape index (κ1) is 30.0. The summed E-state index contributed by atoms with van der Waals surface area (Å²) in [5.74, 6) is 1.42. The lowest BCUT2D eigenvalue weighted by Crippen LogP contribution is -2.55. The minimum atomic E-state index is -1.12. The molecule has 2 fully saturated rings. The Bertz CT molecular complexity index is 1100. The van der Waals surface area contributed by atoms with E-state index < -0.39 is 35.6 Å². The molecule has 4 amide bonds. The second-order valence-corrected chi connectivity index (χ2v) is 11.7. The van der Waals surface area contributed by atoms with Crippen LogP contribution in [0.15, 0.2) is 24.3 Å². The molecule has 0 spiro atoms. The fourth-order valence-corrected chi connectivity index (χ4v) is 5.16. The number of nitrogens with one attached hydrogen (secondary N) is 2. The Hall–Kier alpha value is -3.54. The zero-order chi connectivity index (χ0) is 28.7. The Kier molecular flexibility index (Phi) is 10.0. The van der Waals surface area contributed by atoms with E-state index in [1.54, 1.807) is 49.9 Å². The first-order valence-corrected chi connectivity index (χ1v) is 13.9.